The van der Waals surface area contributed by atoms with Crippen LogP contribution in [0.2, 0.25) is 5.02 Å². The highest BCUT2D eigenvalue weighted by molar-refractivity contribution is 7.89. The van der Waals surface area contributed by atoms with Gasteiger partial charge in [0.15, 0.2) is 0 Å². The van der Waals surface area contributed by atoms with E-state index in [1.165, 1.54) is 12.1 Å². The molecule has 0 saturated carbocycles. The van der Waals surface area contributed by atoms with Crippen LogP contribution in [0.4, 0.5) is 0 Å². The maximum atomic E-state index is 11.4. The Hall–Kier alpha value is -1.07. The first-order valence-corrected chi connectivity index (χ1v) is 6.35. The molecule has 1 aromatic carbocycles. The largest absolute Gasteiger partial charge is 0.268 e. The predicted molar refractivity (Wildman–Crippen MR) is 58.5 cm³/mol. The molecule has 0 unspecified atom stereocenters. The third-order valence-electron chi connectivity index (χ3n) is 1.71. The van der Waals surface area contributed by atoms with Gasteiger partial charge < -0.3 is 0 Å². The highest BCUT2D eigenvalue weighted by atomic mass is 35.5. The lowest BCUT2D eigenvalue weighted by Crippen LogP contribution is -2.29. The van der Waals surface area contributed by atoms with Crippen molar-refractivity contribution >= 4 is 27.5 Å². The number of amides is 1. The summed E-state index contributed by atoms with van der Waals surface area (Å²) in [6, 6.07) is 4.60. The van der Waals surface area contributed by atoms with E-state index in [2.05, 4.69) is 0 Å². The van der Waals surface area contributed by atoms with E-state index in [0.29, 0.717) is 5.02 Å². The highest BCUT2D eigenvalue weighted by Crippen LogP contribution is 2.16. The fraction of sp³-hybridized carbons (Fsp3) is 0.222. The van der Waals surface area contributed by atoms with Gasteiger partial charge in [-0.2, -0.15) is 0 Å². The molecule has 15 heavy (non-hydrogen) atoms. The average molecular weight is 248 g/mol. The maximum Gasteiger partial charge on any atom is 0.264 e. The summed E-state index contributed by atoms with van der Waals surface area (Å²) in [5, 5.41) is 0.427. The van der Waals surface area contributed by atoms with Crippen LogP contribution in [0.1, 0.15) is 15.9 Å². The van der Waals surface area contributed by atoms with Crippen molar-refractivity contribution in [2.75, 3.05) is 6.26 Å². The zero-order valence-electron chi connectivity index (χ0n) is 8.24. The van der Waals surface area contributed by atoms with Gasteiger partial charge >= 0.3 is 0 Å². The van der Waals surface area contributed by atoms with Crippen molar-refractivity contribution in [3.05, 3.63) is 34.3 Å². The summed E-state index contributed by atoms with van der Waals surface area (Å²) >= 11 is 5.80. The van der Waals surface area contributed by atoms with Crippen molar-refractivity contribution in [1.82, 2.24) is 4.72 Å². The summed E-state index contributed by atoms with van der Waals surface area (Å²) in [7, 11) is -3.54. The van der Waals surface area contributed by atoms with Crippen LogP contribution in [-0.2, 0) is 10.0 Å². The molecule has 0 aromatic heterocycles. The van der Waals surface area contributed by atoms with Crippen molar-refractivity contribution in [2.24, 2.45) is 0 Å². The van der Waals surface area contributed by atoms with Crippen LogP contribution in [0.5, 0.6) is 0 Å². The highest BCUT2D eigenvalue weighted by Gasteiger charge is 2.11. The van der Waals surface area contributed by atoms with E-state index in [-0.39, 0.29) is 5.56 Å². The number of carbonyl (C=O) groups excluding carboxylic acids is 1. The van der Waals surface area contributed by atoms with Crippen LogP contribution in [0.15, 0.2) is 18.2 Å². The second kappa shape index (κ2) is 4.20. The second-order valence-electron chi connectivity index (χ2n) is 3.17. The summed E-state index contributed by atoms with van der Waals surface area (Å²) in [4.78, 5) is 11.4. The minimum Gasteiger partial charge on any atom is -0.268 e. The molecule has 0 saturated heterocycles. The van der Waals surface area contributed by atoms with E-state index in [0.717, 1.165) is 11.8 Å². The first-order valence-electron chi connectivity index (χ1n) is 4.08. The molecule has 0 fully saturated rings. The Bertz CT molecular complexity index is 496. The molecule has 0 spiro atoms. The lowest BCUT2D eigenvalue weighted by atomic mass is 10.1. The average Bonchev–Trinajstić information content (AvgIpc) is 2.06. The molecule has 82 valence electrons. The summed E-state index contributed by atoms with van der Waals surface area (Å²) in [5.74, 6) is -0.681. The monoisotopic (exact) mass is 247 g/mol. The number of aryl methyl sites for hydroxylation is 1. The smallest absolute Gasteiger partial charge is 0.264 e. The molecule has 6 heteroatoms. The van der Waals surface area contributed by atoms with Gasteiger partial charge in [0.1, 0.15) is 0 Å². The van der Waals surface area contributed by atoms with Crippen LogP contribution in [0, 0.1) is 6.92 Å². The SMILES string of the molecule is Cc1ccc(C(=O)NS(C)(=O)=O)cc1Cl. The van der Waals surface area contributed by atoms with Crippen LogP contribution in [0.3, 0.4) is 0 Å². The first-order chi connectivity index (χ1) is 6.79. The minimum absolute atomic E-state index is 0.219. The summed E-state index contributed by atoms with van der Waals surface area (Å²) in [6.45, 7) is 1.79. The number of halogens is 1. The molecular formula is C9H10ClNO3S. The number of sulfonamides is 1. The van der Waals surface area contributed by atoms with Crippen LogP contribution >= 0.6 is 11.6 Å². The van der Waals surface area contributed by atoms with Crippen molar-refractivity contribution < 1.29 is 13.2 Å². The Morgan fingerprint density at radius 3 is 2.47 bits per heavy atom. The van der Waals surface area contributed by atoms with Gasteiger partial charge in [0.25, 0.3) is 5.91 Å². The molecule has 0 radical (unpaired) electrons. The Labute approximate surface area is 93.3 Å². The zero-order valence-corrected chi connectivity index (χ0v) is 9.82. The lowest BCUT2D eigenvalue weighted by Gasteiger charge is -2.04. The molecule has 1 amide bonds. The van der Waals surface area contributed by atoms with Gasteiger partial charge in [0.05, 0.1) is 6.26 Å². The second-order valence-corrected chi connectivity index (χ2v) is 5.32. The minimum atomic E-state index is -3.54. The third kappa shape index (κ3) is 3.53. The topological polar surface area (TPSA) is 63.2 Å². The van der Waals surface area contributed by atoms with E-state index in [4.69, 9.17) is 11.6 Å². The van der Waals surface area contributed by atoms with E-state index in [9.17, 15) is 13.2 Å². The van der Waals surface area contributed by atoms with E-state index in [1.54, 1.807) is 13.0 Å². The van der Waals surface area contributed by atoms with Crippen LogP contribution in [0.25, 0.3) is 0 Å². The maximum absolute atomic E-state index is 11.4. The Morgan fingerprint density at radius 1 is 1.40 bits per heavy atom. The zero-order chi connectivity index (χ0) is 11.6. The Morgan fingerprint density at radius 2 is 2.00 bits per heavy atom. The van der Waals surface area contributed by atoms with Gasteiger partial charge in [-0.1, -0.05) is 17.7 Å². The fourth-order valence-corrected chi connectivity index (χ4v) is 1.60. The Kier molecular flexibility index (Phi) is 3.36. The van der Waals surface area contributed by atoms with Gasteiger partial charge in [0, 0.05) is 10.6 Å². The number of rotatable bonds is 2. The quantitative estimate of drug-likeness (QED) is 0.858. The molecule has 1 aromatic rings. The van der Waals surface area contributed by atoms with Gasteiger partial charge in [0.2, 0.25) is 10.0 Å². The lowest BCUT2D eigenvalue weighted by molar-refractivity contribution is 0.0981. The summed E-state index contributed by atoms with van der Waals surface area (Å²) < 4.78 is 23.5. The van der Waals surface area contributed by atoms with Gasteiger partial charge in [-0.05, 0) is 24.6 Å². The molecule has 0 bridgehead atoms. The van der Waals surface area contributed by atoms with Gasteiger partial charge in [-0.25, -0.2) is 13.1 Å². The number of carbonyl (C=O) groups is 1. The normalized spacial score (nSPS) is 11.1. The van der Waals surface area contributed by atoms with E-state index >= 15 is 0 Å². The van der Waals surface area contributed by atoms with Crippen molar-refractivity contribution in [1.29, 1.82) is 0 Å². The van der Waals surface area contributed by atoms with Gasteiger partial charge in [-0.3, -0.25) is 4.79 Å². The van der Waals surface area contributed by atoms with Crippen molar-refractivity contribution in [3.8, 4) is 0 Å². The molecule has 4 nitrogen and oxygen atoms in total. The predicted octanol–water partition coefficient (Wildman–Crippen LogP) is 1.34. The summed E-state index contributed by atoms with van der Waals surface area (Å²) in [6.07, 6.45) is 0.917. The standard InChI is InChI=1S/C9H10ClNO3S/c1-6-3-4-7(5-8(6)10)9(12)11-15(2,13)14/h3-5H,1-2H3,(H,11,12). The van der Waals surface area contributed by atoms with Crippen molar-refractivity contribution in [3.63, 3.8) is 0 Å². The summed E-state index contributed by atoms with van der Waals surface area (Å²) in [5.41, 5.74) is 1.04. The van der Waals surface area contributed by atoms with E-state index in [1.807, 2.05) is 4.72 Å². The molecule has 0 atom stereocenters. The number of hydrogen-bond acceptors (Lipinski definition) is 3. The van der Waals surface area contributed by atoms with Gasteiger partial charge in [-0.15, -0.1) is 0 Å². The number of hydrogen-bond donors (Lipinski definition) is 1. The Balaban J connectivity index is 2.98. The molecule has 0 aliphatic heterocycles. The molecule has 0 heterocycles. The van der Waals surface area contributed by atoms with E-state index < -0.39 is 15.9 Å². The van der Waals surface area contributed by atoms with Crippen molar-refractivity contribution in [2.45, 2.75) is 6.92 Å². The fourth-order valence-electron chi connectivity index (χ4n) is 0.961. The number of benzene rings is 1. The van der Waals surface area contributed by atoms with Crippen LogP contribution < -0.4 is 4.72 Å². The number of nitrogens with one attached hydrogen (secondary N) is 1. The third-order valence-corrected chi connectivity index (χ3v) is 2.68. The molecule has 0 aliphatic rings. The molecule has 1 rings (SSSR count). The van der Waals surface area contributed by atoms with Crippen LogP contribution in [-0.4, -0.2) is 20.6 Å². The molecule has 0 aliphatic carbocycles. The molecule has 1 N–H and O–H groups in total. The first kappa shape index (κ1) is 12.0. The molecular weight excluding hydrogens is 238 g/mol.